The standard InChI is InChI=1S/C20H28N2O7/c1-19(2)25-10-13(27-19)15-14(16-17(26-15)29-20(3,4)28-16)22-18(23)21-11-6-8-12(24-5)9-7-11/h6-9,13-17H,10H2,1-5H3,(H2,21,22,23)/t13-,14-,15-,16-,17-/m1/s1. The summed E-state index contributed by atoms with van der Waals surface area (Å²) in [6.07, 6.45) is -1.86. The van der Waals surface area contributed by atoms with Gasteiger partial charge in [0, 0.05) is 5.69 Å². The lowest BCUT2D eigenvalue weighted by atomic mass is 10.0. The summed E-state index contributed by atoms with van der Waals surface area (Å²) in [4.78, 5) is 12.7. The Kier molecular flexibility index (Phi) is 5.20. The van der Waals surface area contributed by atoms with E-state index in [0.717, 1.165) is 0 Å². The quantitative estimate of drug-likeness (QED) is 0.788. The summed E-state index contributed by atoms with van der Waals surface area (Å²) < 4.78 is 34.7. The fourth-order valence-electron chi connectivity index (χ4n) is 3.89. The first-order valence-electron chi connectivity index (χ1n) is 9.70. The van der Waals surface area contributed by atoms with Crippen LogP contribution in [0.1, 0.15) is 27.7 Å². The first kappa shape index (κ1) is 20.4. The Bertz CT molecular complexity index is 752. The van der Waals surface area contributed by atoms with Gasteiger partial charge < -0.3 is 39.1 Å². The van der Waals surface area contributed by atoms with Gasteiger partial charge in [0.2, 0.25) is 0 Å². The van der Waals surface area contributed by atoms with Crippen molar-refractivity contribution in [3.05, 3.63) is 24.3 Å². The van der Waals surface area contributed by atoms with Crippen LogP contribution in [-0.2, 0) is 23.7 Å². The van der Waals surface area contributed by atoms with E-state index in [1.165, 1.54) is 0 Å². The van der Waals surface area contributed by atoms with Crippen LogP contribution in [-0.4, -0.2) is 62.0 Å². The van der Waals surface area contributed by atoms with Crippen LogP contribution in [0.25, 0.3) is 0 Å². The number of amides is 2. The Morgan fingerprint density at radius 3 is 2.38 bits per heavy atom. The number of ether oxygens (including phenoxy) is 6. The van der Waals surface area contributed by atoms with Gasteiger partial charge in [-0.2, -0.15) is 0 Å². The molecule has 0 bridgehead atoms. The van der Waals surface area contributed by atoms with Crippen molar-refractivity contribution in [1.82, 2.24) is 5.32 Å². The van der Waals surface area contributed by atoms with Crippen LogP contribution in [0.2, 0.25) is 0 Å². The van der Waals surface area contributed by atoms with Gasteiger partial charge in [-0.1, -0.05) is 0 Å². The van der Waals surface area contributed by atoms with Gasteiger partial charge in [0.25, 0.3) is 0 Å². The molecule has 1 aromatic carbocycles. The molecule has 29 heavy (non-hydrogen) atoms. The van der Waals surface area contributed by atoms with Crippen molar-refractivity contribution >= 4 is 11.7 Å². The molecule has 0 saturated carbocycles. The minimum Gasteiger partial charge on any atom is -0.497 e. The lowest BCUT2D eigenvalue weighted by Gasteiger charge is -2.29. The first-order valence-corrected chi connectivity index (χ1v) is 9.70. The number of fused-ring (bicyclic) bond motifs is 1. The Labute approximate surface area is 169 Å². The third-order valence-electron chi connectivity index (χ3n) is 5.13. The normalized spacial score (nSPS) is 34.6. The lowest BCUT2D eigenvalue weighted by Crippen LogP contribution is -2.53. The molecule has 0 unspecified atom stereocenters. The third-order valence-corrected chi connectivity index (χ3v) is 5.13. The fourth-order valence-corrected chi connectivity index (χ4v) is 3.89. The van der Waals surface area contributed by atoms with E-state index >= 15 is 0 Å². The molecular weight excluding hydrogens is 380 g/mol. The first-order chi connectivity index (χ1) is 13.7. The van der Waals surface area contributed by atoms with Crippen LogP contribution < -0.4 is 15.4 Å². The predicted octanol–water partition coefficient (Wildman–Crippen LogP) is 2.21. The second-order valence-electron chi connectivity index (χ2n) is 8.29. The maximum absolute atomic E-state index is 12.7. The summed E-state index contributed by atoms with van der Waals surface area (Å²) in [5.74, 6) is -0.787. The van der Waals surface area contributed by atoms with Crippen LogP contribution in [0.4, 0.5) is 10.5 Å². The van der Waals surface area contributed by atoms with Crippen LogP contribution >= 0.6 is 0 Å². The molecule has 3 heterocycles. The summed E-state index contributed by atoms with van der Waals surface area (Å²) >= 11 is 0. The van der Waals surface area contributed by atoms with Gasteiger partial charge in [-0.25, -0.2) is 4.79 Å². The molecule has 160 valence electrons. The summed E-state index contributed by atoms with van der Waals surface area (Å²) in [5.41, 5.74) is 0.640. The molecule has 9 nitrogen and oxygen atoms in total. The number of urea groups is 1. The zero-order valence-corrected chi connectivity index (χ0v) is 17.3. The zero-order chi connectivity index (χ0) is 20.8. The van der Waals surface area contributed by atoms with Crippen LogP contribution in [0.3, 0.4) is 0 Å². The molecule has 0 spiro atoms. The molecular formula is C20H28N2O7. The van der Waals surface area contributed by atoms with Crippen molar-refractivity contribution in [2.24, 2.45) is 0 Å². The Morgan fingerprint density at radius 1 is 1.03 bits per heavy atom. The summed E-state index contributed by atoms with van der Waals surface area (Å²) in [6.45, 7) is 7.68. The Balaban J connectivity index is 1.47. The average molecular weight is 408 g/mol. The van der Waals surface area contributed by atoms with E-state index in [2.05, 4.69) is 10.6 Å². The largest absolute Gasteiger partial charge is 0.497 e. The van der Waals surface area contributed by atoms with Gasteiger partial charge in [-0.15, -0.1) is 0 Å². The number of hydrogen-bond donors (Lipinski definition) is 2. The molecule has 1 aromatic rings. The van der Waals surface area contributed by atoms with Gasteiger partial charge in [0.05, 0.1) is 19.8 Å². The van der Waals surface area contributed by atoms with Crippen LogP contribution in [0.5, 0.6) is 5.75 Å². The number of anilines is 1. The van der Waals surface area contributed by atoms with Gasteiger partial charge >= 0.3 is 6.03 Å². The van der Waals surface area contributed by atoms with Gasteiger partial charge in [0.15, 0.2) is 17.9 Å². The number of carbonyl (C=O) groups is 1. The molecule has 0 aromatic heterocycles. The van der Waals surface area contributed by atoms with Crippen LogP contribution in [0, 0.1) is 0 Å². The summed E-state index contributed by atoms with van der Waals surface area (Å²) in [7, 11) is 1.59. The van der Waals surface area contributed by atoms with E-state index in [0.29, 0.717) is 18.0 Å². The van der Waals surface area contributed by atoms with Crippen molar-refractivity contribution in [3.8, 4) is 5.75 Å². The SMILES string of the molecule is COc1ccc(NC(=O)N[C@H]2[C@H]3OC(C)(C)O[C@H]3O[C@@H]2[C@H]2COC(C)(C)O2)cc1. The highest BCUT2D eigenvalue weighted by Crippen LogP contribution is 2.40. The van der Waals surface area contributed by atoms with Gasteiger partial charge in [0.1, 0.15) is 24.1 Å². The second-order valence-corrected chi connectivity index (χ2v) is 8.29. The molecule has 4 rings (SSSR count). The second kappa shape index (κ2) is 7.41. The molecule has 3 aliphatic heterocycles. The summed E-state index contributed by atoms with van der Waals surface area (Å²) in [6, 6.07) is 6.23. The highest BCUT2D eigenvalue weighted by Gasteiger charge is 2.58. The molecule has 0 aliphatic carbocycles. The highest BCUT2D eigenvalue weighted by molar-refractivity contribution is 5.89. The smallest absolute Gasteiger partial charge is 0.319 e. The van der Waals surface area contributed by atoms with Crippen LogP contribution in [0.15, 0.2) is 24.3 Å². The van der Waals surface area contributed by atoms with Crippen molar-refractivity contribution < 1.29 is 33.2 Å². The third kappa shape index (κ3) is 4.34. The molecule has 3 fully saturated rings. The number of benzene rings is 1. The minimum atomic E-state index is -0.793. The number of methoxy groups -OCH3 is 1. The topological polar surface area (TPSA) is 96.5 Å². The molecule has 3 aliphatic rings. The van der Waals surface area contributed by atoms with E-state index in [1.54, 1.807) is 31.4 Å². The molecule has 5 atom stereocenters. The molecule has 9 heteroatoms. The van der Waals surface area contributed by atoms with Crippen molar-refractivity contribution in [1.29, 1.82) is 0 Å². The number of carbonyl (C=O) groups excluding carboxylic acids is 1. The number of nitrogens with one attached hydrogen (secondary N) is 2. The van der Waals surface area contributed by atoms with E-state index < -0.39 is 36.1 Å². The number of hydrogen-bond acceptors (Lipinski definition) is 7. The molecule has 2 amide bonds. The van der Waals surface area contributed by atoms with Crippen molar-refractivity contribution in [2.75, 3.05) is 19.0 Å². The van der Waals surface area contributed by atoms with E-state index in [4.69, 9.17) is 28.4 Å². The maximum atomic E-state index is 12.7. The lowest BCUT2D eigenvalue weighted by molar-refractivity contribution is -0.223. The molecule has 0 radical (unpaired) electrons. The predicted molar refractivity (Wildman–Crippen MR) is 103 cm³/mol. The number of rotatable bonds is 4. The average Bonchev–Trinajstić information content (AvgIpc) is 3.26. The summed E-state index contributed by atoms with van der Waals surface area (Å²) in [5, 5.41) is 5.79. The van der Waals surface area contributed by atoms with Crippen molar-refractivity contribution in [2.45, 2.75) is 69.9 Å². The maximum Gasteiger partial charge on any atom is 0.319 e. The Morgan fingerprint density at radius 2 is 1.76 bits per heavy atom. The monoisotopic (exact) mass is 408 g/mol. The fraction of sp³-hybridized carbons (Fsp3) is 0.650. The molecule has 3 saturated heterocycles. The minimum absolute atomic E-state index is 0.350. The van der Waals surface area contributed by atoms with Gasteiger partial charge in [-0.3, -0.25) is 0 Å². The van der Waals surface area contributed by atoms with Gasteiger partial charge in [-0.05, 0) is 52.0 Å². The molecule has 2 N–H and O–H groups in total. The van der Waals surface area contributed by atoms with E-state index in [9.17, 15) is 4.79 Å². The Hall–Kier alpha value is -1.91. The zero-order valence-electron chi connectivity index (χ0n) is 17.3. The van der Waals surface area contributed by atoms with E-state index in [1.807, 2.05) is 27.7 Å². The highest BCUT2D eigenvalue weighted by atomic mass is 16.8. The van der Waals surface area contributed by atoms with E-state index in [-0.39, 0.29) is 12.1 Å². The van der Waals surface area contributed by atoms with Crippen molar-refractivity contribution in [3.63, 3.8) is 0 Å².